The first-order valence-corrected chi connectivity index (χ1v) is 9.07. The van der Waals surface area contributed by atoms with Crippen LogP contribution in [0.2, 0.25) is 0 Å². The van der Waals surface area contributed by atoms with Crippen LogP contribution in [0.3, 0.4) is 0 Å². The quantitative estimate of drug-likeness (QED) is 0.549. The smallest absolute Gasteiger partial charge is 0.410 e. The fourth-order valence-electron chi connectivity index (χ4n) is 2.03. The molecule has 23 heavy (non-hydrogen) atoms. The molecular weight excluding hydrogens is 338 g/mol. The summed E-state index contributed by atoms with van der Waals surface area (Å²) in [7, 11) is 0. The van der Waals surface area contributed by atoms with Gasteiger partial charge in [-0.2, -0.15) is 0 Å². The van der Waals surface area contributed by atoms with Crippen LogP contribution in [0.15, 0.2) is 28.5 Å². The second-order valence-electron chi connectivity index (χ2n) is 4.97. The topological polar surface area (TPSA) is 87.1 Å². The molecule has 1 aliphatic rings. The number of thiophene rings is 1. The van der Waals surface area contributed by atoms with E-state index in [0.29, 0.717) is 30.2 Å². The van der Waals surface area contributed by atoms with Gasteiger partial charge in [-0.25, -0.2) is 9.59 Å². The van der Waals surface area contributed by atoms with E-state index in [9.17, 15) is 14.7 Å². The Morgan fingerprint density at radius 3 is 3.04 bits per heavy atom. The average molecular weight is 357 g/mol. The van der Waals surface area contributed by atoms with Gasteiger partial charge in [0.2, 0.25) is 0 Å². The Hall–Kier alpha value is -1.51. The summed E-state index contributed by atoms with van der Waals surface area (Å²) in [5.74, 6) is -0.278. The number of aromatic carboxylic acids is 1. The Bertz CT molecular complexity index is 586. The first-order valence-electron chi connectivity index (χ1n) is 7.27. The second kappa shape index (κ2) is 8.37. The van der Waals surface area contributed by atoms with Gasteiger partial charge in [0.25, 0.3) is 0 Å². The molecule has 1 aliphatic heterocycles. The molecule has 1 fully saturated rings. The Morgan fingerprint density at radius 2 is 2.39 bits per heavy atom. The summed E-state index contributed by atoms with van der Waals surface area (Å²) in [4.78, 5) is 24.5. The van der Waals surface area contributed by atoms with Crippen molar-refractivity contribution in [2.45, 2.75) is 29.7 Å². The number of carbonyl (C=O) groups excluding carboxylic acids is 1. The minimum atomic E-state index is -0.926. The summed E-state index contributed by atoms with van der Waals surface area (Å²) in [6, 6.07) is 3.19. The molecule has 0 bridgehead atoms. The first-order chi connectivity index (χ1) is 11.0. The number of hydrogen-bond donors (Lipinski definition) is 2. The summed E-state index contributed by atoms with van der Waals surface area (Å²) < 4.78 is 5.96. The highest BCUT2D eigenvalue weighted by atomic mass is 32.2. The normalized spacial score (nSPS) is 19.3. The average Bonchev–Trinajstić information content (AvgIpc) is 3.13. The molecule has 0 spiro atoms. The van der Waals surface area contributed by atoms with Crippen molar-refractivity contribution >= 4 is 35.2 Å². The first kappa shape index (κ1) is 17.8. The van der Waals surface area contributed by atoms with E-state index in [4.69, 9.17) is 9.84 Å². The third-order valence-corrected chi connectivity index (χ3v) is 5.63. The van der Waals surface area contributed by atoms with Gasteiger partial charge in [0.05, 0.1) is 16.4 Å². The van der Waals surface area contributed by atoms with Crippen molar-refractivity contribution in [2.24, 2.45) is 0 Å². The van der Waals surface area contributed by atoms with E-state index in [1.807, 2.05) is 6.92 Å². The molecule has 0 saturated carbocycles. The molecule has 1 aromatic heterocycles. The van der Waals surface area contributed by atoms with Crippen LogP contribution in [-0.2, 0) is 4.74 Å². The number of carbonyl (C=O) groups is 2. The molecule has 0 radical (unpaired) electrons. The number of thioether (sulfide) groups is 1. The minimum absolute atomic E-state index is 0.165. The van der Waals surface area contributed by atoms with Crippen molar-refractivity contribution in [1.82, 2.24) is 4.90 Å². The van der Waals surface area contributed by atoms with Crippen LogP contribution in [0.4, 0.5) is 4.79 Å². The molecule has 0 aliphatic carbocycles. The maximum Gasteiger partial charge on any atom is 0.410 e. The molecule has 6 nitrogen and oxygen atoms in total. The summed E-state index contributed by atoms with van der Waals surface area (Å²) in [5.41, 5.74) is 0. The van der Waals surface area contributed by atoms with Gasteiger partial charge < -0.3 is 14.9 Å². The number of amides is 1. The van der Waals surface area contributed by atoms with E-state index in [2.05, 4.69) is 0 Å². The Balaban J connectivity index is 1.85. The second-order valence-corrected chi connectivity index (χ2v) is 7.45. The molecular formula is C15H19NO5S2. The van der Waals surface area contributed by atoms with E-state index in [1.54, 1.807) is 29.2 Å². The zero-order valence-electron chi connectivity index (χ0n) is 12.7. The maximum absolute atomic E-state index is 11.8. The van der Waals surface area contributed by atoms with Crippen LogP contribution >= 0.6 is 23.1 Å². The molecule has 2 N–H and O–H groups in total. The zero-order chi connectivity index (χ0) is 16.8. The lowest BCUT2D eigenvalue weighted by molar-refractivity contribution is 0.0702. The monoisotopic (exact) mass is 357 g/mol. The van der Waals surface area contributed by atoms with Crippen molar-refractivity contribution in [2.75, 3.05) is 18.9 Å². The lowest BCUT2D eigenvalue weighted by Crippen LogP contribution is -2.34. The van der Waals surface area contributed by atoms with Gasteiger partial charge in [-0.15, -0.1) is 23.1 Å². The van der Waals surface area contributed by atoms with E-state index < -0.39 is 12.1 Å². The molecule has 2 rings (SSSR count). The number of nitrogens with zero attached hydrogens (tertiary/aromatic N) is 1. The lowest BCUT2D eigenvalue weighted by Gasteiger charge is -2.18. The van der Waals surface area contributed by atoms with Crippen LogP contribution in [-0.4, -0.2) is 58.2 Å². The van der Waals surface area contributed by atoms with Crippen LogP contribution in [0.5, 0.6) is 0 Å². The summed E-state index contributed by atoms with van der Waals surface area (Å²) in [5, 5.41) is 18.5. The van der Waals surface area contributed by atoms with Crippen molar-refractivity contribution in [3.05, 3.63) is 29.2 Å². The van der Waals surface area contributed by atoms with E-state index in [-0.39, 0.29) is 12.1 Å². The number of aliphatic hydroxyl groups excluding tert-OH is 1. The predicted octanol–water partition coefficient (Wildman–Crippen LogP) is 2.69. The number of cyclic esters (lactones) is 1. The zero-order valence-corrected chi connectivity index (χ0v) is 14.3. The molecule has 0 unspecified atom stereocenters. The highest BCUT2D eigenvalue weighted by molar-refractivity contribution is 8.01. The summed E-state index contributed by atoms with van der Waals surface area (Å²) in [6.45, 7) is 2.67. The van der Waals surface area contributed by atoms with Crippen molar-refractivity contribution in [1.29, 1.82) is 0 Å². The highest BCUT2D eigenvalue weighted by Gasteiger charge is 2.30. The van der Waals surface area contributed by atoms with Crippen molar-refractivity contribution < 1.29 is 24.5 Å². The molecule has 1 aromatic rings. The standard InChI is InChI=1S/C15H19NO5S2/c1-2-11(17)4-3-10-9-21-15(20)16(10)7-8-22-13-6-5-12(23-13)14(18)19/h3-6,10-11,17H,2,7-9H2,1H3,(H,18,19)/b4-3+/t10-,11-/m0/s1. The van der Waals surface area contributed by atoms with E-state index >= 15 is 0 Å². The van der Waals surface area contributed by atoms with Gasteiger partial charge in [0.1, 0.15) is 11.5 Å². The molecule has 2 atom stereocenters. The van der Waals surface area contributed by atoms with Crippen LogP contribution < -0.4 is 0 Å². The number of ether oxygens (including phenoxy) is 1. The minimum Gasteiger partial charge on any atom is -0.477 e. The van der Waals surface area contributed by atoms with Gasteiger partial charge in [-0.3, -0.25) is 4.90 Å². The number of rotatable bonds is 8. The van der Waals surface area contributed by atoms with E-state index in [0.717, 1.165) is 4.21 Å². The molecule has 1 amide bonds. The van der Waals surface area contributed by atoms with Gasteiger partial charge in [0.15, 0.2) is 0 Å². The summed E-state index contributed by atoms with van der Waals surface area (Å²) >= 11 is 2.73. The van der Waals surface area contributed by atoms with Crippen molar-refractivity contribution in [3.63, 3.8) is 0 Å². The van der Waals surface area contributed by atoms with Crippen LogP contribution in [0, 0.1) is 0 Å². The van der Waals surface area contributed by atoms with E-state index in [1.165, 1.54) is 23.1 Å². The molecule has 8 heteroatoms. The molecule has 126 valence electrons. The van der Waals surface area contributed by atoms with Gasteiger partial charge >= 0.3 is 12.1 Å². The van der Waals surface area contributed by atoms with Gasteiger partial charge in [0, 0.05) is 12.3 Å². The molecule has 0 aromatic carbocycles. The predicted molar refractivity (Wildman–Crippen MR) is 89.3 cm³/mol. The number of carboxylic acids is 1. The fourth-order valence-corrected chi connectivity index (χ4v) is 4.02. The Labute approximate surface area is 142 Å². The Morgan fingerprint density at radius 1 is 1.61 bits per heavy atom. The lowest BCUT2D eigenvalue weighted by atomic mass is 10.2. The number of hydrogen-bond acceptors (Lipinski definition) is 6. The molecule has 1 saturated heterocycles. The fraction of sp³-hybridized carbons (Fsp3) is 0.467. The SMILES string of the molecule is CC[C@H](O)/C=C/[C@H]1COC(=O)N1CCSc1ccc(C(=O)O)s1. The van der Waals surface area contributed by atoms with Crippen molar-refractivity contribution in [3.8, 4) is 0 Å². The number of carboxylic acid groups (broad SMARTS) is 1. The third-order valence-electron chi connectivity index (χ3n) is 3.35. The third kappa shape index (κ3) is 4.98. The van der Waals surface area contributed by atoms with Gasteiger partial charge in [-0.1, -0.05) is 19.1 Å². The van der Waals surface area contributed by atoms with Crippen LogP contribution in [0.1, 0.15) is 23.0 Å². The summed E-state index contributed by atoms with van der Waals surface area (Å²) in [6.07, 6.45) is 3.24. The highest BCUT2D eigenvalue weighted by Crippen LogP contribution is 2.28. The van der Waals surface area contributed by atoms with Crippen LogP contribution in [0.25, 0.3) is 0 Å². The number of aliphatic hydroxyl groups is 1. The van der Waals surface area contributed by atoms with Gasteiger partial charge in [-0.05, 0) is 18.6 Å². The molecule has 2 heterocycles. The largest absolute Gasteiger partial charge is 0.477 e. The Kier molecular flexibility index (Phi) is 6.49. The maximum atomic E-state index is 11.8.